The molecule has 1 aromatic carbocycles. The molecular formula is C14H17N3O8S2. The van der Waals surface area contributed by atoms with Gasteiger partial charge in [-0.1, -0.05) is 6.07 Å². The van der Waals surface area contributed by atoms with E-state index in [0.29, 0.717) is 0 Å². The Morgan fingerprint density at radius 2 is 1.85 bits per heavy atom. The van der Waals surface area contributed by atoms with Gasteiger partial charge in [0.1, 0.15) is 10.6 Å². The first-order valence-electron chi connectivity index (χ1n) is 7.56. The van der Waals surface area contributed by atoms with Crippen LogP contribution >= 0.6 is 0 Å². The highest BCUT2D eigenvalue weighted by molar-refractivity contribution is 7.94. The van der Waals surface area contributed by atoms with Crippen molar-refractivity contribution >= 4 is 31.6 Å². The molecule has 1 aromatic rings. The number of aromatic hydroxyl groups is 1. The first-order valence-corrected chi connectivity index (χ1v) is 10.4. The summed E-state index contributed by atoms with van der Waals surface area (Å²) in [4.78, 5) is -0.875. The van der Waals surface area contributed by atoms with Crippen molar-refractivity contribution in [3.8, 4) is 5.75 Å². The van der Waals surface area contributed by atoms with Crippen LogP contribution in [0.4, 0.5) is 5.69 Å². The van der Waals surface area contributed by atoms with Crippen molar-refractivity contribution in [3.63, 3.8) is 0 Å². The van der Waals surface area contributed by atoms with Crippen LogP contribution in [-0.2, 0) is 29.5 Å². The highest BCUT2D eigenvalue weighted by atomic mass is 32.2. The van der Waals surface area contributed by atoms with Gasteiger partial charge in [-0.2, -0.15) is 8.42 Å². The maximum absolute atomic E-state index is 12.3. The lowest BCUT2D eigenvalue weighted by atomic mass is 10.2. The molecule has 3 N–H and O–H groups in total. The lowest BCUT2D eigenvalue weighted by molar-refractivity contribution is -0.356. The van der Waals surface area contributed by atoms with E-state index in [0.717, 1.165) is 4.31 Å². The number of nitrogens with one attached hydrogen (secondary N) is 1. The number of rotatable bonds is 5. The van der Waals surface area contributed by atoms with Crippen molar-refractivity contribution < 1.29 is 36.5 Å². The van der Waals surface area contributed by atoms with E-state index in [9.17, 15) is 27.0 Å². The molecular weight excluding hydrogens is 402 g/mol. The van der Waals surface area contributed by atoms with Crippen LogP contribution in [0.25, 0.3) is 0 Å². The third-order valence-electron chi connectivity index (χ3n) is 3.82. The summed E-state index contributed by atoms with van der Waals surface area (Å²) in [6, 6.07) is 3.83. The molecule has 13 heteroatoms. The lowest BCUT2D eigenvalue weighted by Gasteiger charge is -2.33. The van der Waals surface area contributed by atoms with E-state index in [-0.39, 0.29) is 11.4 Å². The molecule has 27 heavy (non-hydrogen) atoms. The van der Waals surface area contributed by atoms with Gasteiger partial charge in [0.05, 0.1) is 5.69 Å². The highest BCUT2D eigenvalue weighted by Crippen LogP contribution is 2.37. The third kappa shape index (κ3) is 3.27. The molecule has 2 aliphatic rings. The van der Waals surface area contributed by atoms with Crippen LogP contribution < -0.4 is 5.32 Å². The maximum Gasteiger partial charge on any atom is 0.289 e. The Hall–Kier alpha value is -2.19. The second-order valence-corrected chi connectivity index (χ2v) is 9.56. The van der Waals surface area contributed by atoms with Crippen LogP contribution in [0.2, 0.25) is 0 Å². The third-order valence-corrected chi connectivity index (χ3v) is 7.03. The van der Waals surface area contributed by atoms with Crippen molar-refractivity contribution in [1.82, 2.24) is 4.31 Å². The average Bonchev–Trinajstić information content (AvgIpc) is 2.74. The Balaban J connectivity index is 2.06. The average molecular weight is 419 g/mol. The first-order chi connectivity index (χ1) is 12.4. The minimum Gasteiger partial charge on any atom is -0.504 e. The zero-order chi connectivity index (χ0) is 20.1. The Morgan fingerprint density at radius 3 is 2.41 bits per heavy atom. The van der Waals surface area contributed by atoms with Crippen molar-refractivity contribution in [2.45, 2.75) is 24.4 Å². The van der Waals surface area contributed by atoms with Crippen LogP contribution in [0.3, 0.4) is 0 Å². The van der Waals surface area contributed by atoms with Crippen molar-refractivity contribution in [2.24, 2.45) is 4.40 Å². The number of phenols is 1. The van der Waals surface area contributed by atoms with Crippen LogP contribution in [0, 0.1) is 0 Å². The molecule has 2 aliphatic heterocycles. The molecule has 0 unspecified atom stereocenters. The fourth-order valence-corrected chi connectivity index (χ4v) is 4.62. The molecule has 0 bridgehead atoms. The van der Waals surface area contributed by atoms with Gasteiger partial charge in [-0.05, 0) is 19.1 Å². The summed E-state index contributed by atoms with van der Waals surface area (Å²) in [7, 11) is -5.63. The number of benzene rings is 1. The van der Waals surface area contributed by atoms with E-state index in [4.69, 9.17) is 9.47 Å². The summed E-state index contributed by atoms with van der Waals surface area (Å²) >= 11 is 0. The van der Waals surface area contributed by atoms with Gasteiger partial charge in [-0.3, -0.25) is 0 Å². The Morgan fingerprint density at radius 1 is 1.22 bits per heavy atom. The van der Waals surface area contributed by atoms with E-state index >= 15 is 0 Å². The second kappa shape index (κ2) is 6.45. The normalized spacial score (nSPS) is 24.7. The SMILES string of the molecule is CC1OC(C2=C(Nc3cccc(S(=O)(=O)N(C)C)c3O)C(O)=NS2(=O)=O)O1. The van der Waals surface area contributed by atoms with Crippen LogP contribution in [0.15, 0.2) is 38.1 Å². The van der Waals surface area contributed by atoms with Gasteiger partial charge in [-0.25, -0.2) is 12.7 Å². The summed E-state index contributed by atoms with van der Waals surface area (Å²) in [6.45, 7) is 1.55. The summed E-state index contributed by atoms with van der Waals surface area (Å²) in [5, 5.41) is 22.8. The van der Waals surface area contributed by atoms with Gasteiger partial charge in [0.15, 0.2) is 16.9 Å². The number of ether oxygens (including phenoxy) is 2. The molecule has 3 rings (SSSR count). The van der Waals surface area contributed by atoms with Crippen LogP contribution in [0.5, 0.6) is 5.75 Å². The molecule has 1 fully saturated rings. The predicted octanol–water partition coefficient (Wildman–Crippen LogP) is 0.285. The number of sulfonamides is 2. The Bertz CT molecular complexity index is 1050. The summed E-state index contributed by atoms with van der Waals surface area (Å²) in [6.07, 6.45) is -1.92. The molecule has 0 saturated carbocycles. The van der Waals surface area contributed by atoms with Crippen LogP contribution in [0.1, 0.15) is 6.92 Å². The van der Waals surface area contributed by atoms with Crippen molar-refractivity contribution in [3.05, 3.63) is 28.8 Å². The predicted molar refractivity (Wildman–Crippen MR) is 94.0 cm³/mol. The minimum atomic E-state index is -4.26. The molecule has 148 valence electrons. The number of aliphatic hydroxyl groups excluding tert-OH is 1. The van der Waals surface area contributed by atoms with Gasteiger partial charge in [0.25, 0.3) is 10.0 Å². The van der Waals surface area contributed by atoms with Crippen molar-refractivity contribution in [2.75, 3.05) is 19.4 Å². The van der Waals surface area contributed by atoms with E-state index < -0.39 is 54.1 Å². The highest BCUT2D eigenvalue weighted by Gasteiger charge is 2.45. The summed E-state index contributed by atoms with van der Waals surface area (Å²) in [5.74, 6) is -1.52. The molecule has 0 radical (unpaired) electrons. The number of para-hydroxylation sites is 1. The maximum atomic E-state index is 12.3. The molecule has 11 nitrogen and oxygen atoms in total. The molecule has 0 aromatic heterocycles. The fraction of sp³-hybridized carbons (Fsp3) is 0.357. The molecule has 0 aliphatic carbocycles. The lowest BCUT2D eigenvalue weighted by Crippen LogP contribution is -2.42. The number of aliphatic hydroxyl groups is 1. The monoisotopic (exact) mass is 419 g/mol. The molecule has 1 saturated heterocycles. The zero-order valence-electron chi connectivity index (χ0n) is 14.4. The van der Waals surface area contributed by atoms with E-state index in [1.807, 2.05) is 0 Å². The summed E-state index contributed by atoms with van der Waals surface area (Å²) < 4.78 is 63.3. The quantitative estimate of drug-likeness (QED) is 0.571. The minimum absolute atomic E-state index is 0.156. The zero-order valence-corrected chi connectivity index (χ0v) is 16.1. The van der Waals surface area contributed by atoms with Gasteiger partial charge in [0, 0.05) is 14.1 Å². The van der Waals surface area contributed by atoms with Crippen molar-refractivity contribution in [1.29, 1.82) is 0 Å². The standard InChI is InChI=1S/C14H17N3O8S2/c1-7-24-14(25-7)12-10(13(19)16-26(12,20)21)15-8-5-4-6-9(11(8)18)27(22,23)17(2)3/h4-7,14-15,18H,1-3H3,(H,16,19). The van der Waals surface area contributed by atoms with Gasteiger partial charge in [-0.15, -0.1) is 4.40 Å². The second-order valence-electron chi connectivity index (χ2n) is 5.87. The Labute approximate surface area is 155 Å². The van der Waals surface area contributed by atoms with Gasteiger partial charge < -0.3 is 25.0 Å². The molecule has 0 spiro atoms. The number of anilines is 1. The molecule has 2 heterocycles. The smallest absolute Gasteiger partial charge is 0.289 e. The number of phenolic OH excluding ortho intramolecular Hbond substituents is 1. The number of hydrogen-bond acceptors (Lipinski definition) is 8. The first kappa shape index (κ1) is 19.6. The van der Waals surface area contributed by atoms with Gasteiger partial charge >= 0.3 is 0 Å². The Kier molecular flexibility index (Phi) is 4.68. The number of hydrogen-bond donors (Lipinski definition) is 3. The largest absolute Gasteiger partial charge is 0.504 e. The topological polar surface area (TPSA) is 155 Å². The molecule has 0 atom stereocenters. The van der Waals surface area contributed by atoms with E-state index in [1.54, 1.807) is 6.92 Å². The molecule has 0 amide bonds. The fourth-order valence-electron chi connectivity index (χ4n) is 2.45. The van der Waals surface area contributed by atoms with E-state index in [1.165, 1.54) is 32.3 Å². The van der Waals surface area contributed by atoms with Crippen LogP contribution in [-0.4, -0.2) is 63.9 Å². The van der Waals surface area contributed by atoms with E-state index in [2.05, 4.69) is 9.71 Å². The number of nitrogens with zero attached hydrogens (tertiary/aromatic N) is 2. The summed E-state index contributed by atoms with van der Waals surface area (Å²) in [5.41, 5.74) is -0.529. The van der Waals surface area contributed by atoms with Gasteiger partial charge in [0.2, 0.25) is 22.2 Å².